The molecule has 0 radical (unpaired) electrons. The van der Waals surface area contributed by atoms with Crippen LogP contribution in [0.1, 0.15) is 0 Å². The summed E-state index contributed by atoms with van der Waals surface area (Å²) in [6.07, 6.45) is 1.85. The number of rotatable bonds is 2. The van der Waals surface area contributed by atoms with Crippen LogP contribution in [0.4, 0.5) is 5.82 Å². The van der Waals surface area contributed by atoms with Crippen LogP contribution in [0.25, 0.3) is 0 Å². The summed E-state index contributed by atoms with van der Waals surface area (Å²) >= 11 is 7.12. The lowest BCUT2D eigenvalue weighted by molar-refractivity contribution is 0.393. The van der Waals surface area contributed by atoms with Gasteiger partial charge in [0.2, 0.25) is 5.88 Å². The van der Waals surface area contributed by atoms with Crippen LogP contribution in [0, 0.1) is 0 Å². The topological polar surface area (TPSA) is 61.0 Å². The van der Waals surface area contributed by atoms with Crippen molar-refractivity contribution in [3.63, 3.8) is 0 Å². The first kappa shape index (κ1) is 9.41. The third kappa shape index (κ3) is 1.73. The van der Waals surface area contributed by atoms with E-state index in [-0.39, 0.29) is 10.8 Å². The molecule has 0 aliphatic heterocycles. The first-order valence-corrected chi connectivity index (χ1v) is 4.70. The van der Waals surface area contributed by atoms with Gasteiger partial charge in [-0.1, -0.05) is 23.4 Å². The number of hydrogen-bond acceptors (Lipinski definition) is 5. The van der Waals surface area contributed by atoms with Crippen molar-refractivity contribution in [2.45, 2.75) is 5.16 Å². The van der Waals surface area contributed by atoms with Crippen molar-refractivity contribution >= 4 is 29.2 Å². The van der Waals surface area contributed by atoms with Gasteiger partial charge in [-0.05, 0) is 6.26 Å². The van der Waals surface area contributed by atoms with Gasteiger partial charge in [0.1, 0.15) is 5.02 Å². The summed E-state index contributed by atoms with van der Waals surface area (Å²) in [5, 5.41) is 0.809. The van der Waals surface area contributed by atoms with Crippen LogP contribution < -0.4 is 10.5 Å². The first-order chi connectivity index (χ1) is 5.69. The first-order valence-electron chi connectivity index (χ1n) is 3.10. The molecule has 0 aliphatic carbocycles. The number of halogens is 1. The predicted octanol–water partition coefficient (Wildman–Crippen LogP) is 1.44. The van der Waals surface area contributed by atoms with Gasteiger partial charge in [-0.3, -0.25) is 0 Å². The second kappa shape index (κ2) is 3.82. The zero-order valence-electron chi connectivity index (χ0n) is 6.67. The third-order valence-electron chi connectivity index (χ3n) is 1.20. The van der Waals surface area contributed by atoms with Crippen LogP contribution in [0.3, 0.4) is 0 Å². The van der Waals surface area contributed by atoms with E-state index in [4.69, 9.17) is 22.1 Å². The van der Waals surface area contributed by atoms with Crippen molar-refractivity contribution in [1.29, 1.82) is 0 Å². The van der Waals surface area contributed by atoms with Gasteiger partial charge in [-0.25, -0.2) is 4.98 Å². The Bertz CT molecular complexity index is 294. The normalized spacial score (nSPS) is 9.92. The van der Waals surface area contributed by atoms with Crippen LogP contribution >= 0.6 is 23.4 Å². The molecule has 0 saturated heterocycles. The number of aromatic nitrogens is 2. The fourth-order valence-corrected chi connectivity index (χ4v) is 1.17. The number of hydrogen-bond donors (Lipinski definition) is 1. The molecule has 0 bridgehead atoms. The Hall–Kier alpha value is -0.680. The molecule has 0 fully saturated rings. The molecule has 1 aromatic rings. The molecular formula is C6H8ClN3OS. The lowest BCUT2D eigenvalue weighted by Crippen LogP contribution is -1.99. The highest BCUT2D eigenvalue weighted by atomic mass is 35.5. The van der Waals surface area contributed by atoms with E-state index in [1.807, 2.05) is 6.26 Å². The Morgan fingerprint density at radius 1 is 1.50 bits per heavy atom. The van der Waals surface area contributed by atoms with E-state index in [2.05, 4.69) is 9.97 Å². The Morgan fingerprint density at radius 3 is 2.67 bits per heavy atom. The maximum absolute atomic E-state index is 5.74. The SMILES string of the molecule is COc1nc(SC)nc(N)c1Cl. The van der Waals surface area contributed by atoms with Crippen LogP contribution in [-0.4, -0.2) is 23.3 Å². The maximum atomic E-state index is 5.74. The van der Waals surface area contributed by atoms with E-state index in [9.17, 15) is 0 Å². The van der Waals surface area contributed by atoms with Crippen molar-refractivity contribution in [3.8, 4) is 5.88 Å². The molecule has 0 saturated carbocycles. The average molecular weight is 206 g/mol. The summed E-state index contributed by atoms with van der Waals surface area (Å²) in [6.45, 7) is 0. The van der Waals surface area contributed by atoms with E-state index in [0.717, 1.165) is 0 Å². The summed E-state index contributed by atoms with van der Waals surface area (Å²) in [5.74, 6) is 0.557. The van der Waals surface area contributed by atoms with Gasteiger partial charge < -0.3 is 10.5 Å². The molecule has 1 heterocycles. The molecule has 6 heteroatoms. The molecule has 1 aromatic heterocycles. The average Bonchev–Trinajstić information content (AvgIpc) is 2.09. The van der Waals surface area contributed by atoms with E-state index in [1.54, 1.807) is 0 Å². The molecule has 12 heavy (non-hydrogen) atoms. The molecule has 4 nitrogen and oxygen atoms in total. The van der Waals surface area contributed by atoms with E-state index >= 15 is 0 Å². The van der Waals surface area contributed by atoms with E-state index < -0.39 is 0 Å². The van der Waals surface area contributed by atoms with Crippen molar-refractivity contribution in [3.05, 3.63) is 5.02 Å². The van der Waals surface area contributed by atoms with Crippen LogP contribution in [0.2, 0.25) is 5.02 Å². The number of nitrogens with two attached hydrogens (primary N) is 1. The van der Waals surface area contributed by atoms with Gasteiger partial charge in [-0.15, -0.1) is 0 Å². The van der Waals surface area contributed by atoms with Gasteiger partial charge in [0, 0.05) is 0 Å². The van der Waals surface area contributed by atoms with Gasteiger partial charge in [-0.2, -0.15) is 4.98 Å². The standard InChI is InChI=1S/C6H8ClN3OS/c1-11-5-3(7)4(8)9-6(10-5)12-2/h1-2H3,(H2,8,9,10). The Morgan fingerprint density at radius 2 is 2.17 bits per heavy atom. The minimum absolute atomic E-state index is 0.243. The molecule has 66 valence electrons. The molecule has 0 unspecified atom stereocenters. The van der Waals surface area contributed by atoms with Crippen LogP contribution in [-0.2, 0) is 0 Å². The Labute approximate surface area is 79.5 Å². The quantitative estimate of drug-likeness (QED) is 0.585. The summed E-state index contributed by atoms with van der Waals surface area (Å²) < 4.78 is 4.89. The van der Waals surface area contributed by atoms with Crippen molar-refractivity contribution in [2.75, 3.05) is 19.1 Å². The third-order valence-corrected chi connectivity index (χ3v) is 2.10. The molecule has 0 amide bonds. The molecule has 0 aliphatic rings. The van der Waals surface area contributed by atoms with Gasteiger partial charge in [0.25, 0.3) is 0 Å². The minimum atomic E-state index is 0.243. The summed E-state index contributed by atoms with van der Waals surface area (Å²) in [7, 11) is 1.48. The Kier molecular flexibility index (Phi) is 2.99. The van der Waals surface area contributed by atoms with Gasteiger partial charge in [0.15, 0.2) is 11.0 Å². The van der Waals surface area contributed by atoms with Crippen LogP contribution in [0.5, 0.6) is 5.88 Å². The minimum Gasteiger partial charge on any atom is -0.480 e. The molecule has 0 atom stereocenters. The van der Waals surface area contributed by atoms with Crippen molar-refractivity contribution in [1.82, 2.24) is 9.97 Å². The number of thioether (sulfide) groups is 1. The summed E-state index contributed by atoms with van der Waals surface area (Å²) in [4.78, 5) is 7.91. The highest BCUT2D eigenvalue weighted by Gasteiger charge is 2.09. The number of anilines is 1. The molecule has 0 spiro atoms. The van der Waals surface area contributed by atoms with Crippen molar-refractivity contribution < 1.29 is 4.74 Å². The van der Waals surface area contributed by atoms with Crippen LogP contribution in [0.15, 0.2) is 5.16 Å². The molecular weight excluding hydrogens is 198 g/mol. The number of nitrogen functional groups attached to an aromatic ring is 1. The van der Waals surface area contributed by atoms with E-state index in [0.29, 0.717) is 11.0 Å². The molecule has 1 rings (SSSR count). The largest absolute Gasteiger partial charge is 0.480 e. The predicted molar refractivity (Wildman–Crippen MR) is 49.8 cm³/mol. The smallest absolute Gasteiger partial charge is 0.238 e. The molecule has 2 N–H and O–H groups in total. The summed E-state index contributed by atoms with van der Waals surface area (Å²) in [6, 6.07) is 0. The highest BCUT2D eigenvalue weighted by Crippen LogP contribution is 2.28. The monoisotopic (exact) mass is 205 g/mol. The second-order valence-corrected chi connectivity index (χ2v) is 3.07. The molecule has 0 aromatic carbocycles. The lowest BCUT2D eigenvalue weighted by Gasteiger charge is -2.04. The van der Waals surface area contributed by atoms with Crippen molar-refractivity contribution in [2.24, 2.45) is 0 Å². The zero-order chi connectivity index (χ0) is 9.14. The number of ether oxygens (including phenoxy) is 1. The highest BCUT2D eigenvalue weighted by molar-refractivity contribution is 7.98. The zero-order valence-corrected chi connectivity index (χ0v) is 8.24. The van der Waals surface area contributed by atoms with E-state index in [1.165, 1.54) is 18.9 Å². The fraction of sp³-hybridized carbons (Fsp3) is 0.333. The van der Waals surface area contributed by atoms with Gasteiger partial charge >= 0.3 is 0 Å². The second-order valence-electron chi connectivity index (χ2n) is 1.92. The van der Waals surface area contributed by atoms with Gasteiger partial charge in [0.05, 0.1) is 7.11 Å². The fourth-order valence-electron chi connectivity index (χ4n) is 0.649. The number of methoxy groups -OCH3 is 1. The maximum Gasteiger partial charge on any atom is 0.238 e. The lowest BCUT2D eigenvalue weighted by atomic mass is 10.6. The number of nitrogens with zero attached hydrogens (tertiary/aromatic N) is 2. The summed E-state index contributed by atoms with van der Waals surface area (Å²) in [5.41, 5.74) is 5.50. The Balaban J connectivity index is 3.19.